The van der Waals surface area contributed by atoms with Gasteiger partial charge < -0.3 is 15.4 Å². The molecule has 0 aromatic carbocycles. The van der Waals surface area contributed by atoms with Gasteiger partial charge in [-0.25, -0.2) is 4.98 Å². The highest BCUT2D eigenvalue weighted by Gasteiger charge is 2.28. The van der Waals surface area contributed by atoms with Crippen LogP contribution >= 0.6 is 0 Å². The Morgan fingerprint density at radius 1 is 1.45 bits per heavy atom. The van der Waals surface area contributed by atoms with Crippen LogP contribution in [0.1, 0.15) is 43.1 Å². The predicted molar refractivity (Wildman–Crippen MR) is 78.9 cm³/mol. The van der Waals surface area contributed by atoms with Crippen molar-refractivity contribution < 1.29 is 9.53 Å². The average molecular weight is 277 g/mol. The lowest BCUT2D eigenvalue weighted by atomic mass is 10.2. The molecule has 2 atom stereocenters. The molecule has 1 amide bonds. The fraction of sp³-hybridized carbons (Fsp3) is 0.600. The molecular weight excluding hydrogens is 254 g/mol. The van der Waals surface area contributed by atoms with E-state index in [0.717, 1.165) is 37.9 Å². The van der Waals surface area contributed by atoms with Gasteiger partial charge in [-0.2, -0.15) is 0 Å². The zero-order chi connectivity index (χ0) is 14.4. The van der Waals surface area contributed by atoms with Crippen molar-refractivity contribution in [1.29, 1.82) is 0 Å². The molecule has 20 heavy (non-hydrogen) atoms. The van der Waals surface area contributed by atoms with Gasteiger partial charge in [0, 0.05) is 13.7 Å². The second-order valence-electron chi connectivity index (χ2n) is 5.14. The predicted octanol–water partition coefficient (Wildman–Crippen LogP) is 2.20. The van der Waals surface area contributed by atoms with Gasteiger partial charge in [-0.15, -0.1) is 0 Å². The molecule has 0 spiro atoms. The Hall–Kier alpha value is -1.62. The lowest BCUT2D eigenvalue weighted by molar-refractivity contribution is 0.0719. The zero-order valence-electron chi connectivity index (χ0n) is 12.2. The molecule has 0 aliphatic heterocycles. The van der Waals surface area contributed by atoms with Crippen LogP contribution < -0.4 is 10.6 Å². The number of amides is 1. The summed E-state index contributed by atoms with van der Waals surface area (Å²) in [7, 11) is 1.70. The van der Waals surface area contributed by atoms with Gasteiger partial charge in [-0.05, 0) is 37.8 Å². The summed E-state index contributed by atoms with van der Waals surface area (Å²) in [5.41, 5.74) is 1.40. The summed E-state index contributed by atoms with van der Waals surface area (Å²) in [6.07, 6.45) is 5.96. The van der Waals surface area contributed by atoms with Gasteiger partial charge in [0.2, 0.25) is 0 Å². The Bertz CT molecular complexity index is 433. The summed E-state index contributed by atoms with van der Waals surface area (Å²) in [4.78, 5) is 16.3. The highest BCUT2D eigenvalue weighted by Crippen LogP contribution is 2.21. The number of hydrogen-bond acceptors (Lipinski definition) is 4. The van der Waals surface area contributed by atoms with Crippen molar-refractivity contribution in [2.24, 2.45) is 0 Å². The summed E-state index contributed by atoms with van der Waals surface area (Å²) in [5.74, 6) is -0.124. The lowest BCUT2D eigenvalue weighted by Crippen LogP contribution is -2.41. The summed E-state index contributed by atoms with van der Waals surface area (Å²) < 4.78 is 5.38. The third-order valence-corrected chi connectivity index (χ3v) is 3.65. The van der Waals surface area contributed by atoms with Crippen molar-refractivity contribution in [1.82, 2.24) is 10.3 Å². The fourth-order valence-corrected chi connectivity index (χ4v) is 2.52. The van der Waals surface area contributed by atoms with E-state index >= 15 is 0 Å². The van der Waals surface area contributed by atoms with Crippen LogP contribution in [0.5, 0.6) is 0 Å². The van der Waals surface area contributed by atoms with Gasteiger partial charge in [0.1, 0.15) is 5.69 Å². The van der Waals surface area contributed by atoms with E-state index in [1.807, 2.05) is 6.07 Å². The Morgan fingerprint density at radius 3 is 2.95 bits per heavy atom. The maximum atomic E-state index is 12.1. The summed E-state index contributed by atoms with van der Waals surface area (Å²) in [5, 5.41) is 6.25. The highest BCUT2D eigenvalue weighted by molar-refractivity contribution is 5.92. The minimum absolute atomic E-state index is 0.104. The van der Waals surface area contributed by atoms with Crippen LogP contribution in [-0.2, 0) is 4.74 Å². The van der Waals surface area contributed by atoms with Gasteiger partial charge in [-0.1, -0.05) is 6.92 Å². The van der Waals surface area contributed by atoms with Crippen LogP contribution in [0.4, 0.5) is 5.69 Å². The van der Waals surface area contributed by atoms with Gasteiger partial charge in [0.25, 0.3) is 5.91 Å². The maximum absolute atomic E-state index is 12.1. The van der Waals surface area contributed by atoms with E-state index in [-0.39, 0.29) is 18.1 Å². The fourth-order valence-electron chi connectivity index (χ4n) is 2.52. The molecule has 1 fully saturated rings. The quantitative estimate of drug-likeness (QED) is 0.836. The van der Waals surface area contributed by atoms with Gasteiger partial charge in [0.15, 0.2) is 0 Å². The number of hydrogen-bond donors (Lipinski definition) is 2. The molecule has 5 heteroatoms. The number of nitrogens with zero attached hydrogens (tertiary/aromatic N) is 1. The number of ether oxygens (including phenoxy) is 1. The maximum Gasteiger partial charge on any atom is 0.270 e. The molecule has 1 aliphatic rings. The summed E-state index contributed by atoms with van der Waals surface area (Å²) in [6, 6.07) is 3.75. The first-order valence-electron chi connectivity index (χ1n) is 7.28. The SMILES string of the molecule is CCCNc1ccc(C(=O)NC2CCCC2OC)nc1. The van der Waals surface area contributed by atoms with E-state index in [0.29, 0.717) is 5.69 Å². The number of carbonyl (C=O) groups is 1. The second kappa shape index (κ2) is 7.24. The first-order chi connectivity index (χ1) is 9.74. The minimum atomic E-state index is -0.124. The van der Waals surface area contributed by atoms with Crippen LogP contribution in [0.3, 0.4) is 0 Å². The molecule has 0 bridgehead atoms. The first-order valence-corrected chi connectivity index (χ1v) is 7.28. The third kappa shape index (κ3) is 3.70. The molecule has 0 saturated heterocycles. The zero-order valence-corrected chi connectivity index (χ0v) is 12.2. The van der Waals surface area contributed by atoms with Crippen LogP contribution in [0, 0.1) is 0 Å². The Morgan fingerprint density at radius 2 is 2.30 bits per heavy atom. The summed E-state index contributed by atoms with van der Waals surface area (Å²) in [6.45, 7) is 3.01. The van der Waals surface area contributed by atoms with Gasteiger partial charge >= 0.3 is 0 Å². The molecule has 0 radical (unpaired) electrons. The molecule has 1 aliphatic carbocycles. The van der Waals surface area contributed by atoms with Gasteiger partial charge in [-0.3, -0.25) is 4.79 Å². The van der Waals surface area contributed by atoms with E-state index in [1.54, 1.807) is 19.4 Å². The number of aromatic nitrogens is 1. The van der Waals surface area contributed by atoms with Crippen LogP contribution in [0.2, 0.25) is 0 Å². The van der Waals surface area contributed by atoms with E-state index < -0.39 is 0 Å². The van der Waals surface area contributed by atoms with Crippen molar-refractivity contribution >= 4 is 11.6 Å². The Labute approximate surface area is 120 Å². The molecule has 2 rings (SSSR count). The smallest absolute Gasteiger partial charge is 0.270 e. The van der Waals surface area contributed by atoms with Gasteiger partial charge in [0.05, 0.1) is 24.0 Å². The Balaban J connectivity index is 1.92. The van der Waals surface area contributed by atoms with Crippen molar-refractivity contribution in [2.45, 2.75) is 44.8 Å². The number of methoxy groups -OCH3 is 1. The third-order valence-electron chi connectivity index (χ3n) is 3.65. The molecule has 1 aromatic rings. The minimum Gasteiger partial charge on any atom is -0.384 e. The number of anilines is 1. The molecule has 5 nitrogen and oxygen atoms in total. The number of rotatable bonds is 6. The monoisotopic (exact) mass is 277 g/mol. The lowest BCUT2D eigenvalue weighted by Gasteiger charge is -2.19. The molecule has 2 N–H and O–H groups in total. The molecule has 110 valence electrons. The van der Waals surface area contributed by atoms with E-state index in [2.05, 4.69) is 22.5 Å². The number of nitrogens with one attached hydrogen (secondary N) is 2. The molecule has 1 aromatic heterocycles. The average Bonchev–Trinajstić information content (AvgIpc) is 2.92. The van der Waals surface area contributed by atoms with Crippen LogP contribution in [0.25, 0.3) is 0 Å². The molecule has 1 saturated carbocycles. The largest absolute Gasteiger partial charge is 0.384 e. The molecule has 2 unspecified atom stereocenters. The second-order valence-corrected chi connectivity index (χ2v) is 5.14. The van der Waals surface area contributed by atoms with Crippen molar-refractivity contribution in [3.05, 3.63) is 24.0 Å². The highest BCUT2D eigenvalue weighted by atomic mass is 16.5. The van der Waals surface area contributed by atoms with Crippen LogP contribution in [-0.4, -0.2) is 36.7 Å². The standard InChI is InChI=1S/C15H23N3O2/c1-3-9-16-11-7-8-13(17-10-11)15(19)18-12-5-4-6-14(12)20-2/h7-8,10,12,14,16H,3-6,9H2,1-2H3,(H,18,19). The van der Waals surface area contributed by atoms with E-state index in [4.69, 9.17) is 4.74 Å². The molecule has 1 heterocycles. The van der Waals surface area contributed by atoms with Crippen molar-refractivity contribution in [2.75, 3.05) is 19.0 Å². The number of carbonyl (C=O) groups excluding carboxylic acids is 1. The topological polar surface area (TPSA) is 63.2 Å². The van der Waals surface area contributed by atoms with E-state index in [9.17, 15) is 4.79 Å². The molecular formula is C15H23N3O2. The first kappa shape index (κ1) is 14.8. The normalized spacial score (nSPS) is 21.7. The number of pyridine rings is 1. The Kier molecular flexibility index (Phi) is 5.35. The van der Waals surface area contributed by atoms with Crippen molar-refractivity contribution in [3.8, 4) is 0 Å². The van der Waals surface area contributed by atoms with Crippen LogP contribution in [0.15, 0.2) is 18.3 Å². The van der Waals surface area contributed by atoms with Crippen molar-refractivity contribution in [3.63, 3.8) is 0 Å². The van der Waals surface area contributed by atoms with E-state index in [1.165, 1.54) is 0 Å². The summed E-state index contributed by atoms with van der Waals surface area (Å²) >= 11 is 0.